The molecule has 0 bridgehead atoms. The van der Waals surface area contributed by atoms with Gasteiger partial charge in [-0.2, -0.15) is 0 Å². The lowest BCUT2D eigenvalue weighted by Gasteiger charge is -2.12. The summed E-state index contributed by atoms with van der Waals surface area (Å²) in [4.78, 5) is 0. The van der Waals surface area contributed by atoms with Gasteiger partial charge < -0.3 is 5.11 Å². The maximum atomic E-state index is 13.8. The molecule has 0 radical (unpaired) electrons. The first kappa shape index (κ1) is 12.6. The molecule has 1 unspecified atom stereocenters. The van der Waals surface area contributed by atoms with Gasteiger partial charge in [0.05, 0.1) is 0 Å². The summed E-state index contributed by atoms with van der Waals surface area (Å²) in [7, 11) is 0. The predicted molar refractivity (Wildman–Crippen MR) is 77.3 cm³/mol. The van der Waals surface area contributed by atoms with Gasteiger partial charge in [0.2, 0.25) is 0 Å². The summed E-state index contributed by atoms with van der Waals surface area (Å²) in [6.45, 7) is 0. The van der Waals surface area contributed by atoms with Crippen LogP contribution in [0, 0.1) is 5.82 Å². The topological polar surface area (TPSA) is 20.2 Å². The maximum Gasteiger partial charge on any atom is 0.129 e. The fraction of sp³-hybridized carbons (Fsp3) is 0.0667. The summed E-state index contributed by atoms with van der Waals surface area (Å²) in [6.07, 6.45) is -1.00. The molecular formula is C15H10ClFOS. The molecule has 0 aliphatic heterocycles. The van der Waals surface area contributed by atoms with E-state index in [-0.39, 0.29) is 5.56 Å². The zero-order valence-corrected chi connectivity index (χ0v) is 11.4. The van der Waals surface area contributed by atoms with E-state index in [0.29, 0.717) is 10.6 Å². The van der Waals surface area contributed by atoms with Gasteiger partial charge in [-0.1, -0.05) is 29.8 Å². The molecule has 0 aliphatic carbocycles. The molecule has 3 aromatic rings. The first-order valence-corrected chi connectivity index (χ1v) is 7.02. The van der Waals surface area contributed by atoms with Gasteiger partial charge in [-0.3, -0.25) is 0 Å². The lowest BCUT2D eigenvalue weighted by atomic mass is 10.0. The monoisotopic (exact) mass is 292 g/mol. The Balaban J connectivity index is 2.13. The van der Waals surface area contributed by atoms with E-state index >= 15 is 0 Å². The van der Waals surface area contributed by atoms with Gasteiger partial charge in [0.25, 0.3) is 0 Å². The van der Waals surface area contributed by atoms with Gasteiger partial charge >= 0.3 is 0 Å². The van der Waals surface area contributed by atoms with Crippen molar-refractivity contribution < 1.29 is 9.50 Å². The first-order valence-electron chi connectivity index (χ1n) is 5.76. The minimum absolute atomic E-state index is 0.205. The molecule has 0 saturated heterocycles. The number of thiophene rings is 1. The van der Waals surface area contributed by atoms with Crippen LogP contribution in [0.3, 0.4) is 0 Å². The Morgan fingerprint density at radius 2 is 1.89 bits per heavy atom. The van der Waals surface area contributed by atoms with E-state index in [4.69, 9.17) is 11.6 Å². The van der Waals surface area contributed by atoms with Crippen molar-refractivity contribution in [3.8, 4) is 0 Å². The average Bonchev–Trinajstić information content (AvgIpc) is 2.84. The SMILES string of the molecule is OC(c1cc(Cl)ccc1F)c1csc2ccccc12. The lowest BCUT2D eigenvalue weighted by molar-refractivity contribution is 0.217. The normalized spacial score (nSPS) is 12.8. The highest BCUT2D eigenvalue weighted by atomic mass is 35.5. The van der Waals surface area contributed by atoms with E-state index in [9.17, 15) is 9.50 Å². The van der Waals surface area contributed by atoms with E-state index in [1.807, 2.05) is 29.6 Å². The average molecular weight is 293 g/mol. The molecule has 1 atom stereocenters. The van der Waals surface area contributed by atoms with Gasteiger partial charge in [0.15, 0.2) is 0 Å². The van der Waals surface area contributed by atoms with Gasteiger partial charge in [0.1, 0.15) is 11.9 Å². The number of rotatable bonds is 2. The number of benzene rings is 2. The van der Waals surface area contributed by atoms with Crippen LogP contribution in [-0.2, 0) is 0 Å². The van der Waals surface area contributed by atoms with Crippen LogP contribution in [0.25, 0.3) is 10.1 Å². The molecule has 4 heteroatoms. The third kappa shape index (κ3) is 2.25. The van der Waals surface area contributed by atoms with E-state index in [0.717, 1.165) is 10.1 Å². The molecule has 1 N–H and O–H groups in total. The third-order valence-electron chi connectivity index (χ3n) is 3.06. The molecule has 1 heterocycles. The number of aliphatic hydroxyl groups excluding tert-OH is 1. The Kier molecular flexibility index (Phi) is 3.27. The van der Waals surface area contributed by atoms with Crippen molar-refractivity contribution in [2.75, 3.05) is 0 Å². The molecule has 3 rings (SSSR count). The largest absolute Gasteiger partial charge is 0.383 e. The zero-order chi connectivity index (χ0) is 13.4. The number of fused-ring (bicyclic) bond motifs is 1. The number of hydrogen-bond donors (Lipinski definition) is 1. The molecule has 0 saturated carbocycles. The Bertz CT molecular complexity index is 738. The second kappa shape index (κ2) is 4.93. The molecule has 1 nitrogen and oxygen atoms in total. The van der Waals surface area contributed by atoms with E-state index in [1.54, 1.807) is 0 Å². The van der Waals surface area contributed by atoms with Crippen LogP contribution >= 0.6 is 22.9 Å². The highest BCUT2D eigenvalue weighted by molar-refractivity contribution is 7.17. The third-order valence-corrected chi connectivity index (χ3v) is 4.27. The molecule has 0 amide bonds. The molecule has 19 heavy (non-hydrogen) atoms. The first-order chi connectivity index (χ1) is 9.16. The van der Waals surface area contributed by atoms with Crippen LogP contribution in [0.2, 0.25) is 5.02 Å². The van der Waals surface area contributed by atoms with Crippen LogP contribution in [0.5, 0.6) is 0 Å². The van der Waals surface area contributed by atoms with E-state index < -0.39 is 11.9 Å². The molecule has 1 aromatic heterocycles. The summed E-state index contributed by atoms with van der Waals surface area (Å²) < 4.78 is 14.9. The zero-order valence-electron chi connectivity index (χ0n) is 9.81. The standard InChI is InChI=1S/C15H10ClFOS/c16-9-5-6-13(17)11(7-9)15(18)12-8-19-14-4-2-1-3-10(12)14/h1-8,15,18H. The second-order valence-corrected chi connectivity index (χ2v) is 5.60. The summed E-state index contributed by atoms with van der Waals surface area (Å²) in [5, 5.41) is 13.6. The highest BCUT2D eigenvalue weighted by Gasteiger charge is 2.18. The minimum atomic E-state index is -1.00. The summed E-state index contributed by atoms with van der Waals surface area (Å²) >= 11 is 7.40. The Hall–Kier alpha value is -1.42. The van der Waals surface area contributed by atoms with Crippen LogP contribution in [0.15, 0.2) is 47.8 Å². The van der Waals surface area contributed by atoms with Crippen LogP contribution in [-0.4, -0.2) is 5.11 Å². The van der Waals surface area contributed by atoms with Gasteiger partial charge in [-0.05, 0) is 35.0 Å². The fourth-order valence-corrected chi connectivity index (χ4v) is 3.26. The Morgan fingerprint density at radius 1 is 1.11 bits per heavy atom. The Morgan fingerprint density at radius 3 is 2.74 bits per heavy atom. The minimum Gasteiger partial charge on any atom is -0.383 e. The second-order valence-electron chi connectivity index (χ2n) is 4.26. The van der Waals surface area contributed by atoms with Crippen LogP contribution in [0.4, 0.5) is 4.39 Å². The highest BCUT2D eigenvalue weighted by Crippen LogP contribution is 2.34. The summed E-state index contributed by atoms with van der Waals surface area (Å²) in [5.41, 5.74) is 0.915. The lowest BCUT2D eigenvalue weighted by Crippen LogP contribution is -2.01. The van der Waals surface area contributed by atoms with E-state index in [2.05, 4.69) is 0 Å². The maximum absolute atomic E-state index is 13.8. The Labute approximate surface area is 118 Å². The fourth-order valence-electron chi connectivity index (χ4n) is 2.10. The van der Waals surface area contributed by atoms with Crippen molar-refractivity contribution in [2.45, 2.75) is 6.10 Å². The van der Waals surface area contributed by atoms with Crippen molar-refractivity contribution >= 4 is 33.0 Å². The molecule has 0 spiro atoms. The van der Waals surface area contributed by atoms with Gasteiger partial charge in [0, 0.05) is 20.8 Å². The van der Waals surface area contributed by atoms with Crippen molar-refractivity contribution in [1.82, 2.24) is 0 Å². The number of aliphatic hydroxyl groups is 1. The summed E-state index contributed by atoms with van der Waals surface area (Å²) in [5.74, 6) is -0.452. The molecular weight excluding hydrogens is 283 g/mol. The predicted octanol–water partition coefficient (Wildman–Crippen LogP) is 4.78. The molecule has 2 aromatic carbocycles. The van der Waals surface area contributed by atoms with Crippen molar-refractivity contribution in [3.63, 3.8) is 0 Å². The number of halogens is 2. The van der Waals surface area contributed by atoms with Gasteiger partial charge in [-0.15, -0.1) is 11.3 Å². The molecule has 96 valence electrons. The van der Waals surface area contributed by atoms with E-state index in [1.165, 1.54) is 29.5 Å². The smallest absolute Gasteiger partial charge is 0.129 e. The van der Waals surface area contributed by atoms with Crippen molar-refractivity contribution in [1.29, 1.82) is 0 Å². The quantitative estimate of drug-likeness (QED) is 0.721. The van der Waals surface area contributed by atoms with Crippen molar-refractivity contribution in [3.05, 3.63) is 69.8 Å². The van der Waals surface area contributed by atoms with Crippen molar-refractivity contribution in [2.24, 2.45) is 0 Å². The van der Waals surface area contributed by atoms with Crippen LogP contribution in [0.1, 0.15) is 17.2 Å². The number of hydrogen-bond acceptors (Lipinski definition) is 2. The van der Waals surface area contributed by atoms with Gasteiger partial charge in [-0.25, -0.2) is 4.39 Å². The van der Waals surface area contributed by atoms with Crippen LogP contribution < -0.4 is 0 Å². The summed E-state index contributed by atoms with van der Waals surface area (Å²) in [6, 6.07) is 12.0. The molecule has 0 aliphatic rings. The molecule has 0 fully saturated rings.